The molecule has 0 spiro atoms. The first-order valence-corrected chi connectivity index (χ1v) is 7.66. The monoisotopic (exact) mass is 317 g/mol. The number of pyridine rings is 1. The molecular weight excluding hydrogens is 302 g/mol. The smallest absolute Gasteiger partial charge is 0.263 e. The Morgan fingerprint density at radius 1 is 1.00 bits per heavy atom. The Hall–Kier alpha value is -3.28. The Morgan fingerprint density at radius 3 is 2.71 bits per heavy atom. The van der Waals surface area contributed by atoms with Gasteiger partial charge in [0, 0.05) is 24.2 Å². The molecule has 6 heteroatoms. The van der Waals surface area contributed by atoms with E-state index in [1.54, 1.807) is 40.1 Å². The predicted octanol–water partition coefficient (Wildman–Crippen LogP) is 2.59. The summed E-state index contributed by atoms with van der Waals surface area (Å²) in [5, 5.41) is 4.82. The minimum atomic E-state index is -0.185. The van der Waals surface area contributed by atoms with Crippen LogP contribution in [-0.4, -0.2) is 24.3 Å². The molecule has 0 radical (unpaired) electrons. The van der Waals surface area contributed by atoms with E-state index < -0.39 is 0 Å². The third kappa shape index (κ3) is 2.28. The number of aromatic nitrogens is 5. The van der Waals surface area contributed by atoms with Crippen LogP contribution >= 0.6 is 0 Å². The summed E-state index contributed by atoms with van der Waals surface area (Å²) in [4.78, 5) is 21.2. The second-order valence-corrected chi connectivity index (χ2v) is 5.52. The minimum Gasteiger partial charge on any atom is -0.291 e. The summed E-state index contributed by atoms with van der Waals surface area (Å²) in [7, 11) is 0. The van der Waals surface area contributed by atoms with Crippen molar-refractivity contribution >= 4 is 11.0 Å². The molecule has 3 aromatic heterocycles. The van der Waals surface area contributed by atoms with Crippen LogP contribution in [0.1, 0.15) is 18.5 Å². The van der Waals surface area contributed by atoms with E-state index in [1.165, 1.54) is 0 Å². The Bertz CT molecular complexity index is 1050. The van der Waals surface area contributed by atoms with E-state index in [9.17, 15) is 4.79 Å². The molecule has 6 nitrogen and oxygen atoms in total. The average molecular weight is 317 g/mol. The van der Waals surface area contributed by atoms with Crippen molar-refractivity contribution < 1.29 is 0 Å². The van der Waals surface area contributed by atoms with E-state index >= 15 is 0 Å². The molecule has 0 amide bonds. The average Bonchev–Trinajstić information content (AvgIpc) is 3.16. The summed E-state index contributed by atoms with van der Waals surface area (Å²) < 4.78 is 3.43. The zero-order valence-electron chi connectivity index (χ0n) is 13.1. The van der Waals surface area contributed by atoms with Crippen molar-refractivity contribution in [3.8, 4) is 5.69 Å². The molecule has 4 aromatic rings. The molecule has 0 saturated carbocycles. The summed E-state index contributed by atoms with van der Waals surface area (Å²) in [5.74, 6) is 0. The quantitative estimate of drug-likeness (QED) is 0.582. The first kappa shape index (κ1) is 14.3. The van der Waals surface area contributed by atoms with Crippen molar-refractivity contribution in [1.82, 2.24) is 24.3 Å². The lowest BCUT2D eigenvalue weighted by molar-refractivity contribution is 0.603. The summed E-state index contributed by atoms with van der Waals surface area (Å²) in [5.41, 5.74) is 2.30. The van der Waals surface area contributed by atoms with Gasteiger partial charge >= 0.3 is 0 Å². The highest BCUT2D eigenvalue weighted by Crippen LogP contribution is 2.23. The molecule has 0 aliphatic carbocycles. The van der Waals surface area contributed by atoms with Crippen LogP contribution in [0.25, 0.3) is 16.7 Å². The van der Waals surface area contributed by atoms with Gasteiger partial charge in [-0.05, 0) is 31.2 Å². The molecular formula is C18H15N5O. The molecule has 24 heavy (non-hydrogen) atoms. The largest absolute Gasteiger partial charge is 0.291 e. The van der Waals surface area contributed by atoms with Crippen LogP contribution < -0.4 is 5.56 Å². The molecule has 3 heterocycles. The van der Waals surface area contributed by atoms with Crippen LogP contribution in [-0.2, 0) is 0 Å². The van der Waals surface area contributed by atoms with Crippen LogP contribution in [0.5, 0.6) is 0 Å². The van der Waals surface area contributed by atoms with Gasteiger partial charge in [0.1, 0.15) is 6.33 Å². The molecule has 0 aliphatic rings. The van der Waals surface area contributed by atoms with Crippen LogP contribution in [0.15, 0.2) is 72.2 Å². The van der Waals surface area contributed by atoms with E-state index in [2.05, 4.69) is 15.1 Å². The number of nitrogens with zero attached hydrogens (tertiary/aromatic N) is 5. The van der Waals surface area contributed by atoms with Crippen LogP contribution in [0, 0.1) is 0 Å². The van der Waals surface area contributed by atoms with Gasteiger partial charge in [-0.1, -0.05) is 18.2 Å². The predicted molar refractivity (Wildman–Crippen MR) is 91.2 cm³/mol. The van der Waals surface area contributed by atoms with Crippen molar-refractivity contribution in [1.29, 1.82) is 0 Å². The van der Waals surface area contributed by atoms with Gasteiger partial charge in [-0.3, -0.25) is 9.36 Å². The summed E-state index contributed by atoms with van der Waals surface area (Å²) in [6, 6.07) is 13.1. The Balaban J connectivity index is 1.88. The van der Waals surface area contributed by atoms with Gasteiger partial charge in [-0.15, -0.1) is 0 Å². The Morgan fingerprint density at radius 2 is 1.88 bits per heavy atom. The molecule has 0 N–H and O–H groups in total. The molecule has 1 aromatic carbocycles. The third-order valence-corrected chi connectivity index (χ3v) is 4.11. The molecule has 0 aliphatic heterocycles. The van der Waals surface area contributed by atoms with Crippen molar-refractivity contribution in [2.24, 2.45) is 0 Å². The zero-order valence-corrected chi connectivity index (χ0v) is 13.1. The summed E-state index contributed by atoms with van der Waals surface area (Å²) in [6.07, 6.45) is 6.81. The lowest BCUT2D eigenvalue weighted by Crippen LogP contribution is -2.25. The fraction of sp³-hybridized carbons (Fsp3) is 0.111. The lowest BCUT2D eigenvalue weighted by Gasteiger charge is -2.19. The molecule has 0 bridgehead atoms. The summed E-state index contributed by atoms with van der Waals surface area (Å²) in [6.45, 7) is 1.98. The van der Waals surface area contributed by atoms with Crippen molar-refractivity contribution in [2.45, 2.75) is 13.0 Å². The maximum absolute atomic E-state index is 12.8. The highest BCUT2D eigenvalue weighted by molar-refractivity contribution is 5.72. The normalized spacial score (nSPS) is 12.4. The lowest BCUT2D eigenvalue weighted by atomic mass is 10.1. The van der Waals surface area contributed by atoms with E-state index in [0.29, 0.717) is 11.0 Å². The molecule has 0 fully saturated rings. The first-order chi connectivity index (χ1) is 11.8. The molecule has 4 rings (SSSR count). The zero-order chi connectivity index (χ0) is 16.5. The number of rotatable bonds is 3. The van der Waals surface area contributed by atoms with Gasteiger partial charge in [0.2, 0.25) is 0 Å². The van der Waals surface area contributed by atoms with Gasteiger partial charge in [-0.2, -0.15) is 5.10 Å². The molecule has 0 unspecified atom stereocenters. The van der Waals surface area contributed by atoms with Gasteiger partial charge in [-0.25, -0.2) is 14.6 Å². The highest BCUT2D eigenvalue weighted by atomic mass is 16.1. The van der Waals surface area contributed by atoms with Crippen molar-refractivity contribution in [3.05, 3.63) is 83.3 Å². The van der Waals surface area contributed by atoms with E-state index in [0.717, 1.165) is 11.3 Å². The SMILES string of the molecule is C[C@@H](c1ccccc1-n1cccn1)n1cnc2ncccc2c1=O. The Kier molecular flexibility index (Phi) is 3.42. The highest BCUT2D eigenvalue weighted by Gasteiger charge is 2.16. The maximum Gasteiger partial charge on any atom is 0.263 e. The standard InChI is InChI=1S/C18H15N5O/c1-13(14-6-2-3-8-16(14)23-11-5-10-21-23)22-12-20-17-15(18(22)24)7-4-9-19-17/h2-13H,1H3/t13-/m0/s1. The number of benzene rings is 1. The van der Waals surface area contributed by atoms with Crippen molar-refractivity contribution in [3.63, 3.8) is 0 Å². The Labute approximate surface area is 138 Å². The fourth-order valence-corrected chi connectivity index (χ4v) is 2.86. The number of hydrogen-bond acceptors (Lipinski definition) is 4. The third-order valence-electron chi connectivity index (χ3n) is 4.11. The summed E-state index contributed by atoms with van der Waals surface area (Å²) >= 11 is 0. The second-order valence-electron chi connectivity index (χ2n) is 5.52. The van der Waals surface area contributed by atoms with Gasteiger partial charge < -0.3 is 0 Å². The van der Waals surface area contributed by atoms with Gasteiger partial charge in [0.05, 0.1) is 17.1 Å². The number of fused-ring (bicyclic) bond motifs is 1. The van der Waals surface area contributed by atoms with E-state index in [4.69, 9.17) is 0 Å². The van der Waals surface area contributed by atoms with Crippen molar-refractivity contribution in [2.75, 3.05) is 0 Å². The molecule has 0 saturated heterocycles. The van der Waals surface area contributed by atoms with E-state index in [1.807, 2.05) is 43.5 Å². The molecule has 1 atom stereocenters. The van der Waals surface area contributed by atoms with Gasteiger partial charge in [0.25, 0.3) is 5.56 Å². The van der Waals surface area contributed by atoms with Crippen LogP contribution in [0.4, 0.5) is 0 Å². The number of hydrogen-bond donors (Lipinski definition) is 0. The van der Waals surface area contributed by atoms with E-state index in [-0.39, 0.29) is 11.6 Å². The molecule has 118 valence electrons. The van der Waals surface area contributed by atoms with Crippen LogP contribution in [0.3, 0.4) is 0 Å². The first-order valence-electron chi connectivity index (χ1n) is 7.66. The number of para-hydroxylation sites is 1. The topological polar surface area (TPSA) is 65.6 Å². The minimum absolute atomic E-state index is 0.101. The maximum atomic E-state index is 12.8. The second kappa shape index (κ2) is 5.73. The van der Waals surface area contributed by atoms with Gasteiger partial charge in [0.15, 0.2) is 5.65 Å². The van der Waals surface area contributed by atoms with Crippen LogP contribution in [0.2, 0.25) is 0 Å². The fourth-order valence-electron chi connectivity index (χ4n) is 2.86.